The van der Waals surface area contributed by atoms with Crippen LogP contribution in [0.2, 0.25) is 0 Å². The molecule has 7 heteroatoms. The van der Waals surface area contributed by atoms with E-state index in [2.05, 4.69) is 33.0 Å². The molecule has 2 saturated heterocycles. The Morgan fingerprint density at radius 3 is 2.48 bits per heavy atom. The number of amides is 2. The SMILES string of the molecule is CCOC(=O)N1CCC(N2CCC3(CC2)CN(C(C)=O)c2ccc(Br)cc23)CC1. The van der Waals surface area contributed by atoms with Crippen molar-refractivity contribution in [2.75, 3.05) is 44.2 Å². The molecule has 0 atom stereocenters. The highest BCUT2D eigenvalue weighted by Crippen LogP contribution is 2.48. The predicted molar refractivity (Wildman–Crippen MR) is 116 cm³/mol. The van der Waals surface area contributed by atoms with Crippen LogP contribution in [0.25, 0.3) is 0 Å². The minimum atomic E-state index is -0.180. The van der Waals surface area contributed by atoms with Gasteiger partial charge in [-0.1, -0.05) is 15.9 Å². The number of hydrogen-bond acceptors (Lipinski definition) is 4. The lowest BCUT2D eigenvalue weighted by Crippen LogP contribution is -2.52. The zero-order chi connectivity index (χ0) is 20.6. The van der Waals surface area contributed by atoms with E-state index in [9.17, 15) is 9.59 Å². The maximum absolute atomic E-state index is 12.2. The summed E-state index contributed by atoms with van der Waals surface area (Å²) in [6.45, 7) is 8.38. The maximum Gasteiger partial charge on any atom is 0.409 e. The number of anilines is 1. The number of likely N-dealkylation sites (tertiary alicyclic amines) is 2. The zero-order valence-corrected chi connectivity index (χ0v) is 18.9. The Kier molecular flexibility index (Phi) is 5.89. The van der Waals surface area contributed by atoms with Gasteiger partial charge in [0, 0.05) is 48.2 Å². The van der Waals surface area contributed by atoms with Crippen molar-refractivity contribution in [3.63, 3.8) is 0 Å². The van der Waals surface area contributed by atoms with Crippen molar-refractivity contribution < 1.29 is 14.3 Å². The van der Waals surface area contributed by atoms with Crippen molar-refractivity contribution in [3.8, 4) is 0 Å². The molecular formula is C22H30BrN3O3. The fourth-order valence-electron chi connectivity index (χ4n) is 5.30. The average Bonchev–Trinajstić information content (AvgIpc) is 3.03. The summed E-state index contributed by atoms with van der Waals surface area (Å²) in [7, 11) is 0. The van der Waals surface area contributed by atoms with Crippen molar-refractivity contribution in [1.82, 2.24) is 9.80 Å². The lowest BCUT2D eigenvalue weighted by molar-refractivity contribution is -0.116. The molecular weight excluding hydrogens is 434 g/mol. The summed E-state index contributed by atoms with van der Waals surface area (Å²) in [5.41, 5.74) is 2.46. The van der Waals surface area contributed by atoms with Crippen LogP contribution in [0.1, 0.15) is 45.1 Å². The first-order valence-corrected chi connectivity index (χ1v) is 11.5. The van der Waals surface area contributed by atoms with Gasteiger partial charge in [0.15, 0.2) is 0 Å². The van der Waals surface area contributed by atoms with Gasteiger partial charge in [0.05, 0.1) is 6.61 Å². The van der Waals surface area contributed by atoms with Crippen molar-refractivity contribution in [1.29, 1.82) is 0 Å². The van der Waals surface area contributed by atoms with Gasteiger partial charge >= 0.3 is 6.09 Å². The summed E-state index contributed by atoms with van der Waals surface area (Å²) >= 11 is 3.62. The van der Waals surface area contributed by atoms with Gasteiger partial charge in [0.2, 0.25) is 5.91 Å². The van der Waals surface area contributed by atoms with E-state index in [1.807, 2.05) is 22.8 Å². The molecule has 1 aromatic rings. The van der Waals surface area contributed by atoms with Gasteiger partial charge in [0.25, 0.3) is 0 Å². The summed E-state index contributed by atoms with van der Waals surface area (Å²) in [5, 5.41) is 0. The Bertz CT molecular complexity index is 784. The second-order valence-corrected chi connectivity index (χ2v) is 9.42. The van der Waals surface area contributed by atoms with E-state index in [0.29, 0.717) is 12.6 Å². The van der Waals surface area contributed by atoms with Crippen molar-refractivity contribution in [2.24, 2.45) is 0 Å². The molecule has 158 valence electrons. The molecule has 6 nitrogen and oxygen atoms in total. The smallest absolute Gasteiger partial charge is 0.409 e. The zero-order valence-electron chi connectivity index (χ0n) is 17.3. The van der Waals surface area contributed by atoms with E-state index in [1.165, 1.54) is 5.56 Å². The van der Waals surface area contributed by atoms with E-state index in [-0.39, 0.29) is 17.4 Å². The van der Waals surface area contributed by atoms with Gasteiger partial charge in [0.1, 0.15) is 0 Å². The topological polar surface area (TPSA) is 53.1 Å². The first kappa shape index (κ1) is 20.7. The molecule has 0 bridgehead atoms. The standard InChI is InChI=1S/C22H30BrN3O3/c1-3-29-21(28)25-10-6-18(7-11-25)24-12-8-22(9-13-24)15-26(16(2)27)20-5-4-17(23)14-19(20)22/h4-5,14,18H,3,6-13,15H2,1-2H3. The molecule has 3 aliphatic heterocycles. The average molecular weight is 464 g/mol. The van der Waals surface area contributed by atoms with Gasteiger partial charge in [-0.2, -0.15) is 0 Å². The molecule has 2 amide bonds. The van der Waals surface area contributed by atoms with Crippen LogP contribution in [0.3, 0.4) is 0 Å². The van der Waals surface area contributed by atoms with Crippen molar-refractivity contribution in [3.05, 3.63) is 28.2 Å². The molecule has 4 rings (SSSR count). The quantitative estimate of drug-likeness (QED) is 0.669. The third-order valence-electron chi connectivity index (χ3n) is 6.92. The minimum absolute atomic E-state index is 0.0624. The van der Waals surface area contributed by atoms with Crippen LogP contribution in [0.5, 0.6) is 0 Å². The largest absolute Gasteiger partial charge is 0.450 e. The number of rotatable bonds is 2. The van der Waals surface area contributed by atoms with Crippen LogP contribution in [0, 0.1) is 0 Å². The fourth-order valence-corrected chi connectivity index (χ4v) is 5.66. The minimum Gasteiger partial charge on any atom is -0.450 e. The van der Waals surface area contributed by atoms with Crippen LogP contribution in [0.15, 0.2) is 22.7 Å². The number of carbonyl (C=O) groups excluding carboxylic acids is 2. The first-order valence-electron chi connectivity index (χ1n) is 10.7. The molecule has 29 heavy (non-hydrogen) atoms. The summed E-state index contributed by atoms with van der Waals surface area (Å²) in [6, 6.07) is 6.85. The van der Waals surface area contributed by atoms with Gasteiger partial charge in [-0.3, -0.25) is 4.79 Å². The number of nitrogens with zero attached hydrogens (tertiary/aromatic N) is 3. The number of fused-ring (bicyclic) bond motifs is 2. The number of carbonyl (C=O) groups is 2. The summed E-state index contributed by atoms with van der Waals surface area (Å²) < 4.78 is 6.21. The van der Waals surface area contributed by atoms with E-state index in [1.54, 1.807) is 6.92 Å². The molecule has 0 radical (unpaired) electrons. The highest BCUT2D eigenvalue weighted by atomic mass is 79.9. The van der Waals surface area contributed by atoms with Crippen LogP contribution >= 0.6 is 15.9 Å². The van der Waals surface area contributed by atoms with E-state index in [4.69, 9.17) is 4.74 Å². The molecule has 0 unspecified atom stereocenters. The molecule has 0 N–H and O–H groups in total. The summed E-state index contributed by atoms with van der Waals surface area (Å²) in [5.74, 6) is 0.124. The summed E-state index contributed by atoms with van der Waals surface area (Å²) in [6.07, 6.45) is 3.97. The molecule has 1 aromatic carbocycles. The van der Waals surface area contributed by atoms with Crippen LogP contribution in [-0.2, 0) is 14.9 Å². The van der Waals surface area contributed by atoms with Gasteiger partial charge in [-0.05, 0) is 69.5 Å². The lowest BCUT2D eigenvalue weighted by Gasteiger charge is -2.45. The van der Waals surface area contributed by atoms with Gasteiger partial charge < -0.3 is 19.4 Å². The van der Waals surface area contributed by atoms with Gasteiger partial charge in [-0.15, -0.1) is 0 Å². The number of halogens is 1. The van der Waals surface area contributed by atoms with E-state index < -0.39 is 0 Å². The molecule has 3 heterocycles. The lowest BCUT2D eigenvalue weighted by atomic mass is 9.74. The van der Waals surface area contributed by atoms with E-state index in [0.717, 1.165) is 68.6 Å². The molecule has 1 spiro atoms. The summed E-state index contributed by atoms with van der Waals surface area (Å²) in [4.78, 5) is 30.5. The first-order chi connectivity index (χ1) is 13.9. The number of hydrogen-bond donors (Lipinski definition) is 0. The number of piperidine rings is 2. The fraction of sp³-hybridized carbons (Fsp3) is 0.636. The van der Waals surface area contributed by atoms with Crippen molar-refractivity contribution >= 4 is 33.6 Å². The number of ether oxygens (including phenoxy) is 1. The Hall–Kier alpha value is -1.60. The van der Waals surface area contributed by atoms with Crippen LogP contribution in [-0.4, -0.2) is 67.2 Å². The Balaban J connectivity index is 1.41. The third-order valence-corrected chi connectivity index (χ3v) is 7.42. The molecule has 0 aliphatic carbocycles. The van der Waals surface area contributed by atoms with Crippen LogP contribution < -0.4 is 4.90 Å². The number of benzene rings is 1. The van der Waals surface area contributed by atoms with E-state index >= 15 is 0 Å². The predicted octanol–water partition coefficient (Wildman–Crippen LogP) is 3.77. The highest BCUT2D eigenvalue weighted by Gasteiger charge is 2.46. The third kappa shape index (κ3) is 3.91. The molecule has 2 fully saturated rings. The van der Waals surface area contributed by atoms with Gasteiger partial charge in [-0.25, -0.2) is 4.79 Å². The monoisotopic (exact) mass is 463 g/mol. The highest BCUT2D eigenvalue weighted by molar-refractivity contribution is 9.10. The van der Waals surface area contributed by atoms with Crippen molar-refractivity contribution in [2.45, 2.75) is 51.0 Å². The second-order valence-electron chi connectivity index (χ2n) is 8.50. The molecule has 0 saturated carbocycles. The Morgan fingerprint density at radius 2 is 1.86 bits per heavy atom. The molecule has 3 aliphatic rings. The second kappa shape index (κ2) is 8.26. The maximum atomic E-state index is 12.2. The molecule has 0 aromatic heterocycles. The Labute approximate surface area is 181 Å². The normalized spacial score (nSPS) is 22.0. The van der Waals surface area contributed by atoms with Crippen LogP contribution in [0.4, 0.5) is 10.5 Å². The Morgan fingerprint density at radius 1 is 1.17 bits per heavy atom.